The molecule has 0 radical (unpaired) electrons. The highest BCUT2D eigenvalue weighted by atomic mass is 16.4. The summed E-state index contributed by atoms with van der Waals surface area (Å²) in [5.74, 6) is -0.181. The summed E-state index contributed by atoms with van der Waals surface area (Å²) in [6.07, 6.45) is 6.43. The van der Waals surface area contributed by atoms with Crippen LogP contribution < -0.4 is 5.32 Å². The number of rotatable bonds is 4. The molecule has 2 N–H and O–H groups in total. The van der Waals surface area contributed by atoms with Crippen molar-refractivity contribution in [3.05, 3.63) is 42.1 Å². The predicted octanol–water partition coefficient (Wildman–Crippen LogP) is 1.15. The minimum absolute atomic E-state index is 0.139. The van der Waals surface area contributed by atoms with E-state index in [1.807, 2.05) is 7.05 Å². The maximum Gasteiger partial charge on any atom is 0.339 e. The molecule has 3 heterocycles. The van der Waals surface area contributed by atoms with Gasteiger partial charge in [0.1, 0.15) is 5.56 Å². The minimum Gasteiger partial charge on any atom is -0.478 e. The van der Waals surface area contributed by atoms with Crippen LogP contribution in [-0.2, 0) is 7.05 Å². The first-order chi connectivity index (χ1) is 10.5. The Bertz CT molecular complexity index is 837. The summed E-state index contributed by atoms with van der Waals surface area (Å²) in [6, 6.07) is 1.65. The van der Waals surface area contributed by atoms with Crippen LogP contribution >= 0.6 is 0 Å². The Morgan fingerprint density at radius 1 is 1.36 bits per heavy atom. The van der Waals surface area contributed by atoms with Gasteiger partial charge in [0.2, 0.25) is 5.95 Å². The van der Waals surface area contributed by atoms with Gasteiger partial charge in [-0.25, -0.2) is 14.5 Å². The summed E-state index contributed by atoms with van der Waals surface area (Å²) in [4.78, 5) is 19.5. The Balaban J connectivity index is 1.90. The fourth-order valence-corrected chi connectivity index (χ4v) is 1.94. The molecule has 0 unspecified atom stereocenters. The van der Waals surface area contributed by atoms with Crippen LogP contribution in [-0.4, -0.2) is 40.6 Å². The molecule has 3 aromatic heterocycles. The van der Waals surface area contributed by atoms with Crippen molar-refractivity contribution in [1.29, 1.82) is 0 Å². The standard InChI is InChI=1S/C13H13N7O2/c1-8-10(12(21)22)7-20(18-8)11-3-4-14-13(17-11)16-9-5-15-19(2)6-9/h3-7H,1-2H3,(H,21,22)(H,14,16,17). The molecule has 0 aliphatic heterocycles. The first kappa shape index (κ1) is 13.7. The van der Waals surface area contributed by atoms with Gasteiger partial charge < -0.3 is 10.4 Å². The molecule has 112 valence electrons. The first-order valence-electron chi connectivity index (χ1n) is 6.41. The zero-order valence-electron chi connectivity index (χ0n) is 11.9. The van der Waals surface area contributed by atoms with E-state index in [1.165, 1.54) is 10.9 Å². The molecule has 0 amide bonds. The van der Waals surface area contributed by atoms with Gasteiger partial charge in [0.05, 0.1) is 17.6 Å². The van der Waals surface area contributed by atoms with Crippen molar-refractivity contribution >= 4 is 17.6 Å². The van der Waals surface area contributed by atoms with Crippen LogP contribution in [0.15, 0.2) is 30.9 Å². The van der Waals surface area contributed by atoms with Crippen LogP contribution in [0, 0.1) is 6.92 Å². The average molecular weight is 299 g/mol. The highest BCUT2D eigenvalue weighted by molar-refractivity contribution is 5.88. The van der Waals surface area contributed by atoms with Crippen LogP contribution in [0.4, 0.5) is 11.6 Å². The molecule has 0 saturated carbocycles. The second kappa shape index (κ2) is 5.28. The number of aromatic carboxylic acids is 1. The third-order valence-electron chi connectivity index (χ3n) is 2.97. The van der Waals surface area contributed by atoms with Gasteiger partial charge in [-0.2, -0.15) is 15.2 Å². The molecular weight excluding hydrogens is 286 g/mol. The van der Waals surface area contributed by atoms with Gasteiger partial charge in [0.15, 0.2) is 5.82 Å². The lowest BCUT2D eigenvalue weighted by atomic mass is 10.3. The second-order valence-electron chi connectivity index (χ2n) is 4.64. The molecule has 0 spiro atoms. The summed E-state index contributed by atoms with van der Waals surface area (Å²) in [5.41, 5.74) is 1.32. The smallest absolute Gasteiger partial charge is 0.339 e. The van der Waals surface area contributed by atoms with Crippen molar-refractivity contribution in [2.24, 2.45) is 7.05 Å². The Hall–Kier alpha value is -3.23. The van der Waals surface area contributed by atoms with E-state index in [0.717, 1.165) is 5.69 Å². The average Bonchev–Trinajstić information content (AvgIpc) is 3.05. The third-order valence-corrected chi connectivity index (χ3v) is 2.97. The lowest BCUT2D eigenvalue weighted by Gasteiger charge is -2.04. The zero-order chi connectivity index (χ0) is 15.7. The monoisotopic (exact) mass is 299 g/mol. The van der Waals surface area contributed by atoms with Crippen LogP contribution in [0.5, 0.6) is 0 Å². The van der Waals surface area contributed by atoms with Crippen molar-refractivity contribution in [1.82, 2.24) is 29.5 Å². The number of hydrogen-bond donors (Lipinski definition) is 2. The van der Waals surface area contributed by atoms with Crippen LogP contribution in [0.2, 0.25) is 0 Å². The molecule has 0 aliphatic rings. The van der Waals surface area contributed by atoms with E-state index in [1.54, 1.807) is 36.3 Å². The van der Waals surface area contributed by atoms with E-state index in [-0.39, 0.29) is 5.56 Å². The van der Waals surface area contributed by atoms with E-state index in [4.69, 9.17) is 5.11 Å². The fourth-order valence-electron chi connectivity index (χ4n) is 1.94. The van der Waals surface area contributed by atoms with E-state index < -0.39 is 5.97 Å². The van der Waals surface area contributed by atoms with E-state index in [9.17, 15) is 4.79 Å². The molecule has 0 bridgehead atoms. The lowest BCUT2D eigenvalue weighted by molar-refractivity contribution is 0.0696. The molecule has 3 aromatic rings. The molecule has 0 saturated heterocycles. The number of nitrogens with zero attached hydrogens (tertiary/aromatic N) is 6. The Morgan fingerprint density at radius 3 is 2.82 bits per heavy atom. The fraction of sp³-hybridized carbons (Fsp3) is 0.154. The highest BCUT2D eigenvalue weighted by Gasteiger charge is 2.13. The van der Waals surface area contributed by atoms with Crippen molar-refractivity contribution in [2.75, 3.05) is 5.32 Å². The summed E-state index contributed by atoms with van der Waals surface area (Å²) >= 11 is 0. The van der Waals surface area contributed by atoms with Crippen LogP contribution in [0.25, 0.3) is 5.82 Å². The van der Waals surface area contributed by atoms with E-state index in [2.05, 4.69) is 25.5 Å². The number of hydrogen-bond acceptors (Lipinski definition) is 6. The van der Waals surface area contributed by atoms with Gasteiger partial charge in [0.25, 0.3) is 0 Å². The van der Waals surface area contributed by atoms with Crippen molar-refractivity contribution in [3.8, 4) is 5.82 Å². The molecule has 22 heavy (non-hydrogen) atoms. The van der Waals surface area contributed by atoms with Gasteiger partial charge in [0, 0.05) is 31.7 Å². The summed E-state index contributed by atoms with van der Waals surface area (Å²) < 4.78 is 3.07. The van der Waals surface area contributed by atoms with Gasteiger partial charge in [-0.05, 0) is 6.92 Å². The van der Waals surface area contributed by atoms with Gasteiger partial charge in [-0.1, -0.05) is 0 Å². The quantitative estimate of drug-likeness (QED) is 0.743. The second-order valence-corrected chi connectivity index (χ2v) is 4.64. The number of aromatic nitrogens is 6. The molecule has 0 aromatic carbocycles. The van der Waals surface area contributed by atoms with Gasteiger partial charge in [-0.15, -0.1) is 0 Å². The molecule has 3 rings (SSSR count). The molecule has 0 fully saturated rings. The number of aryl methyl sites for hydroxylation is 2. The molecule has 9 heteroatoms. The number of carboxylic acid groups (broad SMARTS) is 1. The minimum atomic E-state index is -1.02. The number of nitrogens with one attached hydrogen (secondary N) is 1. The predicted molar refractivity (Wildman–Crippen MR) is 77.3 cm³/mol. The molecule has 9 nitrogen and oxygen atoms in total. The van der Waals surface area contributed by atoms with Crippen LogP contribution in [0.1, 0.15) is 16.1 Å². The zero-order valence-corrected chi connectivity index (χ0v) is 11.9. The van der Waals surface area contributed by atoms with Gasteiger partial charge in [-0.3, -0.25) is 4.68 Å². The first-order valence-corrected chi connectivity index (χ1v) is 6.41. The van der Waals surface area contributed by atoms with Crippen molar-refractivity contribution in [2.45, 2.75) is 6.92 Å². The topological polar surface area (TPSA) is 111 Å². The third kappa shape index (κ3) is 2.64. The Labute approximate surface area is 125 Å². The molecule has 0 atom stereocenters. The van der Waals surface area contributed by atoms with E-state index in [0.29, 0.717) is 17.5 Å². The number of anilines is 2. The Morgan fingerprint density at radius 2 is 2.18 bits per heavy atom. The highest BCUT2D eigenvalue weighted by Crippen LogP contribution is 2.14. The Kier molecular flexibility index (Phi) is 3.30. The van der Waals surface area contributed by atoms with Crippen molar-refractivity contribution in [3.63, 3.8) is 0 Å². The summed E-state index contributed by atoms with van der Waals surface area (Å²) in [5, 5.41) is 20.3. The van der Waals surface area contributed by atoms with Crippen LogP contribution in [0.3, 0.4) is 0 Å². The summed E-state index contributed by atoms with van der Waals surface area (Å²) in [6.45, 7) is 1.63. The maximum atomic E-state index is 11.1. The van der Waals surface area contributed by atoms with Gasteiger partial charge >= 0.3 is 5.97 Å². The molecule has 0 aliphatic carbocycles. The van der Waals surface area contributed by atoms with E-state index >= 15 is 0 Å². The summed E-state index contributed by atoms with van der Waals surface area (Å²) in [7, 11) is 1.81. The number of carbonyl (C=O) groups is 1. The SMILES string of the molecule is Cc1nn(-c2ccnc(Nc3cnn(C)c3)n2)cc1C(=O)O. The molecular formula is C13H13N7O2. The largest absolute Gasteiger partial charge is 0.478 e. The lowest BCUT2D eigenvalue weighted by Crippen LogP contribution is -2.03. The van der Waals surface area contributed by atoms with Crippen molar-refractivity contribution < 1.29 is 9.90 Å². The normalized spacial score (nSPS) is 10.6. The maximum absolute atomic E-state index is 11.1. The number of carboxylic acids is 1.